The highest BCUT2D eigenvalue weighted by Crippen LogP contribution is 2.31. The zero-order valence-electron chi connectivity index (χ0n) is 13.3. The van der Waals surface area contributed by atoms with E-state index in [0.717, 1.165) is 37.9 Å². The van der Waals surface area contributed by atoms with Crippen molar-refractivity contribution in [1.82, 2.24) is 14.5 Å². The fraction of sp³-hybridized carbons (Fsp3) is 0.412. The molecule has 0 atom stereocenters. The molecule has 0 N–H and O–H groups in total. The SMILES string of the molecule is O=C(c1c(-c2ccccc2)nc2n1CCS2(=O)=O)N1CCCCC1. The minimum absolute atomic E-state index is 0.0185. The molecule has 0 unspecified atom stereocenters. The summed E-state index contributed by atoms with van der Waals surface area (Å²) in [6.07, 6.45) is 3.12. The molecule has 6 nitrogen and oxygen atoms in total. The Morgan fingerprint density at radius 2 is 1.71 bits per heavy atom. The number of rotatable bonds is 2. The summed E-state index contributed by atoms with van der Waals surface area (Å²) in [5, 5.41) is 0.0294. The minimum atomic E-state index is -3.40. The van der Waals surface area contributed by atoms with Gasteiger partial charge < -0.3 is 9.47 Å². The van der Waals surface area contributed by atoms with E-state index in [9.17, 15) is 13.2 Å². The second kappa shape index (κ2) is 5.73. The molecule has 2 aromatic rings. The molecule has 1 aromatic carbocycles. The number of sulfone groups is 1. The molecule has 0 aliphatic carbocycles. The third-order valence-corrected chi connectivity index (χ3v) is 6.28. The Labute approximate surface area is 141 Å². The molecule has 3 heterocycles. The number of hydrogen-bond acceptors (Lipinski definition) is 4. The van der Waals surface area contributed by atoms with Crippen LogP contribution in [0, 0.1) is 0 Å². The quantitative estimate of drug-likeness (QED) is 0.834. The largest absolute Gasteiger partial charge is 0.337 e. The third kappa shape index (κ3) is 2.43. The predicted molar refractivity (Wildman–Crippen MR) is 89.5 cm³/mol. The molecule has 7 heteroatoms. The highest BCUT2D eigenvalue weighted by molar-refractivity contribution is 7.91. The standard InChI is InChI=1S/C17H19N3O3S/c21-16(19-9-5-2-6-10-19)15-14(13-7-3-1-4-8-13)18-17-20(15)11-12-24(17,22)23/h1,3-4,7-8H,2,5-6,9-12H2. The van der Waals surface area contributed by atoms with Gasteiger partial charge in [0.05, 0.1) is 5.75 Å². The van der Waals surface area contributed by atoms with Gasteiger partial charge in [-0.2, -0.15) is 0 Å². The molecule has 24 heavy (non-hydrogen) atoms. The fourth-order valence-electron chi connectivity index (χ4n) is 3.44. The molecule has 1 aromatic heterocycles. The molecule has 4 rings (SSSR count). The molecule has 0 bridgehead atoms. The van der Waals surface area contributed by atoms with E-state index in [-0.39, 0.29) is 16.8 Å². The first kappa shape index (κ1) is 15.4. The number of carbonyl (C=O) groups excluding carboxylic acids is 1. The van der Waals surface area contributed by atoms with Gasteiger partial charge in [-0.3, -0.25) is 4.79 Å². The van der Waals surface area contributed by atoms with Gasteiger partial charge in [0.1, 0.15) is 11.4 Å². The van der Waals surface area contributed by atoms with Crippen molar-refractivity contribution in [2.45, 2.75) is 31.0 Å². The number of aromatic nitrogens is 2. The number of benzene rings is 1. The van der Waals surface area contributed by atoms with Gasteiger partial charge in [0.2, 0.25) is 15.0 Å². The molecule has 1 fully saturated rings. The predicted octanol–water partition coefficient (Wildman–Crippen LogP) is 1.96. The topological polar surface area (TPSA) is 72.3 Å². The van der Waals surface area contributed by atoms with Crippen LogP contribution >= 0.6 is 0 Å². The molecular weight excluding hydrogens is 326 g/mol. The Kier molecular flexibility index (Phi) is 3.68. The van der Waals surface area contributed by atoms with Crippen molar-refractivity contribution < 1.29 is 13.2 Å². The van der Waals surface area contributed by atoms with Gasteiger partial charge in [0, 0.05) is 25.2 Å². The lowest BCUT2D eigenvalue weighted by molar-refractivity contribution is 0.0713. The van der Waals surface area contributed by atoms with Gasteiger partial charge >= 0.3 is 0 Å². The highest BCUT2D eigenvalue weighted by atomic mass is 32.2. The van der Waals surface area contributed by atoms with Gasteiger partial charge in [-0.1, -0.05) is 30.3 Å². The first-order chi connectivity index (χ1) is 11.6. The maximum absolute atomic E-state index is 13.1. The van der Waals surface area contributed by atoms with E-state index in [1.165, 1.54) is 0 Å². The average Bonchev–Trinajstić information content (AvgIpc) is 3.14. The van der Waals surface area contributed by atoms with E-state index in [4.69, 9.17) is 0 Å². The van der Waals surface area contributed by atoms with E-state index in [1.807, 2.05) is 35.2 Å². The number of imidazole rings is 1. The fourth-order valence-corrected chi connectivity index (χ4v) is 4.80. The molecule has 0 spiro atoms. The Morgan fingerprint density at radius 1 is 1.00 bits per heavy atom. The van der Waals surface area contributed by atoms with Crippen LogP contribution in [0.4, 0.5) is 0 Å². The van der Waals surface area contributed by atoms with Crippen LogP contribution in [0.25, 0.3) is 11.3 Å². The van der Waals surface area contributed by atoms with Gasteiger partial charge in [-0.05, 0) is 19.3 Å². The first-order valence-corrected chi connectivity index (χ1v) is 9.91. The summed E-state index contributed by atoms with van der Waals surface area (Å²) in [6.45, 7) is 1.74. The Morgan fingerprint density at radius 3 is 2.42 bits per heavy atom. The van der Waals surface area contributed by atoms with Crippen molar-refractivity contribution in [3.8, 4) is 11.3 Å². The van der Waals surface area contributed by atoms with Crippen LogP contribution in [0.3, 0.4) is 0 Å². The number of amides is 1. The van der Waals surface area contributed by atoms with Gasteiger partial charge in [-0.25, -0.2) is 13.4 Å². The summed E-state index contributed by atoms with van der Waals surface area (Å²) >= 11 is 0. The maximum atomic E-state index is 13.1. The molecule has 2 aliphatic rings. The Bertz CT molecular complexity index is 881. The van der Waals surface area contributed by atoms with Crippen LogP contribution in [-0.2, 0) is 16.4 Å². The monoisotopic (exact) mass is 345 g/mol. The number of nitrogens with zero attached hydrogens (tertiary/aromatic N) is 3. The van der Waals surface area contributed by atoms with Crippen molar-refractivity contribution in [3.05, 3.63) is 36.0 Å². The van der Waals surface area contributed by atoms with Gasteiger partial charge in [-0.15, -0.1) is 0 Å². The van der Waals surface area contributed by atoms with Crippen LogP contribution in [0.2, 0.25) is 0 Å². The second-order valence-electron chi connectivity index (χ2n) is 6.28. The lowest BCUT2D eigenvalue weighted by atomic mass is 10.1. The van der Waals surface area contributed by atoms with Crippen LogP contribution in [0.5, 0.6) is 0 Å². The first-order valence-electron chi connectivity index (χ1n) is 8.26. The summed E-state index contributed by atoms with van der Waals surface area (Å²) in [7, 11) is -3.40. The average molecular weight is 345 g/mol. The maximum Gasteiger partial charge on any atom is 0.272 e. The highest BCUT2D eigenvalue weighted by Gasteiger charge is 2.36. The van der Waals surface area contributed by atoms with Crippen molar-refractivity contribution in [1.29, 1.82) is 0 Å². The number of carbonyl (C=O) groups is 1. The number of likely N-dealkylation sites (tertiary alicyclic amines) is 1. The second-order valence-corrected chi connectivity index (χ2v) is 8.28. The number of piperidine rings is 1. The molecule has 0 radical (unpaired) electrons. The molecule has 126 valence electrons. The molecule has 2 aliphatic heterocycles. The molecule has 0 saturated carbocycles. The van der Waals surface area contributed by atoms with Crippen molar-refractivity contribution in [2.24, 2.45) is 0 Å². The molecule has 1 amide bonds. The Balaban J connectivity index is 1.87. The number of hydrogen-bond donors (Lipinski definition) is 0. The lowest BCUT2D eigenvalue weighted by Gasteiger charge is -2.27. The zero-order valence-corrected chi connectivity index (χ0v) is 14.1. The summed E-state index contributed by atoms with van der Waals surface area (Å²) in [5.74, 6) is -0.0885. The van der Waals surface area contributed by atoms with E-state index in [0.29, 0.717) is 17.9 Å². The van der Waals surface area contributed by atoms with Crippen molar-refractivity contribution in [3.63, 3.8) is 0 Å². The number of fused-ring (bicyclic) bond motifs is 1. The van der Waals surface area contributed by atoms with Crippen molar-refractivity contribution in [2.75, 3.05) is 18.8 Å². The normalized spacial score (nSPS) is 19.2. The summed E-state index contributed by atoms with van der Waals surface area (Å²) < 4.78 is 26.1. The smallest absolute Gasteiger partial charge is 0.272 e. The summed E-state index contributed by atoms with van der Waals surface area (Å²) in [4.78, 5) is 19.3. The zero-order chi connectivity index (χ0) is 16.7. The minimum Gasteiger partial charge on any atom is -0.337 e. The van der Waals surface area contributed by atoms with E-state index < -0.39 is 9.84 Å². The summed E-state index contributed by atoms with van der Waals surface area (Å²) in [5.41, 5.74) is 1.67. The van der Waals surface area contributed by atoms with E-state index in [2.05, 4.69) is 4.98 Å². The van der Waals surface area contributed by atoms with Gasteiger partial charge in [0.25, 0.3) is 5.91 Å². The van der Waals surface area contributed by atoms with Crippen LogP contribution in [0.1, 0.15) is 29.8 Å². The molecule has 1 saturated heterocycles. The molecular formula is C17H19N3O3S. The summed E-state index contributed by atoms with van der Waals surface area (Å²) in [6, 6.07) is 9.33. The third-order valence-electron chi connectivity index (χ3n) is 4.69. The van der Waals surface area contributed by atoms with E-state index >= 15 is 0 Å². The Hall–Kier alpha value is -2.15. The van der Waals surface area contributed by atoms with Crippen LogP contribution < -0.4 is 0 Å². The van der Waals surface area contributed by atoms with Crippen molar-refractivity contribution >= 4 is 15.7 Å². The van der Waals surface area contributed by atoms with Gasteiger partial charge in [0.15, 0.2) is 0 Å². The van der Waals surface area contributed by atoms with Crippen LogP contribution in [-0.4, -0.2) is 47.6 Å². The van der Waals surface area contributed by atoms with E-state index in [1.54, 1.807) is 4.57 Å². The lowest BCUT2D eigenvalue weighted by Crippen LogP contribution is -2.37. The van der Waals surface area contributed by atoms with Crippen LogP contribution in [0.15, 0.2) is 35.5 Å².